The molecular formula is C27H26ClF3O. The van der Waals surface area contributed by atoms with Crippen LogP contribution in [0.5, 0.6) is 0 Å². The van der Waals surface area contributed by atoms with Gasteiger partial charge in [0.05, 0.1) is 5.56 Å². The van der Waals surface area contributed by atoms with Gasteiger partial charge in [-0.05, 0) is 89.9 Å². The number of alkyl halides is 3. The third-order valence-electron chi connectivity index (χ3n) is 5.59. The van der Waals surface area contributed by atoms with E-state index in [9.17, 15) is 18.0 Å². The van der Waals surface area contributed by atoms with Gasteiger partial charge in [-0.15, -0.1) is 0 Å². The van der Waals surface area contributed by atoms with E-state index in [2.05, 4.69) is 13.8 Å². The maximum atomic E-state index is 13.0. The van der Waals surface area contributed by atoms with Crippen molar-refractivity contribution in [2.24, 2.45) is 5.92 Å². The predicted molar refractivity (Wildman–Crippen MR) is 125 cm³/mol. The second kappa shape index (κ2) is 9.50. The standard InChI is InChI=1S/C27H26ClF3O/c1-16(2)11-25(18(4)32)23-14-21(19-5-8-24(9-6-19)27(29,30)31)13-22(15-23)20-7-10-26(28)17(3)12-20/h5-10,12-16,25H,11H2,1-4H3. The summed E-state index contributed by atoms with van der Waals surface area (Å²) in [4.78, 5) is 12.5. The lowest BCUT2D eigenvalue weighted by Crippen LogP contribution is -2.12. The Bertz CT molecular complexity index is 1110. The molecule has 3 aromatic rings. The fourth-order valence-corrected chi connectivity index (χ4v) is 3.99. The molecule has 32 heavy (non-hydrogen) atoms. The predicted octanol–water partition coefficient (Wildman–Crippen LogP) is 8.72. The van der Waals surface area contributed by atoms with Crippen molar-refractivity contribution in [3.8, 4) is 22.3 Å². The third-order valence-corrected chi connectivity index (χ3v) is 6.02. The molecule has 0 aliphatic carbocycles. The minimum absolute atomic E-state index is 0.0708. The van der Waals surface area contributed by atoms with E-state index in [1.807, 2.05) is 43.3 Å². The van der Waals surface area contributed by atoms with Crippen molar-refractivity contribution in [1.29, 1.82) is 0 Å². The Morgan fingerprint density at radius 3 is 1.94 bits per heavy atom. The van der Waals surface area contributed by atoms with Gasteiger partial charge in [-0.25, -0.2) is 0 Å². The van der Waals surface area contributed by atoms with Crippen LogP contribution in [0.1, 0.15) is 49.8 Å². The van der Waals surface area contributed by atoms with E-state index >= 15 is 0 Å². The first-order valence-electron chi connectivity index (χ1n) is 10.6. The monoisotopic (exact) mass is 458 g/mol. The van der Waals surface area contributed by atoms with Gasteiger partial charge in [0.2, 0.25) is 0 Å². The Balaban J connectivity index is 2.17. The van der Waals surface area contributed by atoms with Crippen molar-refractivity contribution >= 4 is 17.4 Å². The summed E-state index contributed by atoms with van der Waals surface area (Å²) in [6.07, 6.45) is -3.69. The van der Waals surface area contributed by atoms with Gasteiger partial charge in [-0.1, -0.05) is 55.8 Å². The van der Waals surface area contributed by atoms with Gasteiger partial charge >= 0.3 is 6.18 Å². The average molecular weight is 459 g/mol. The first-order valence-corrected chi connectivity index (χ1v) is 10.9. The molecule has 0 spiro atoms. The third kappa shape index (κ3) is 5.60. The Hall–Kier alpha value is -2.59. The zero-order valence-electron chi connectivity index (χ0n) is 18.6. The zero-order chi connectivity index (χ0) is 23.6. The highest BCUT2D eigenvalue weighted by atomic mass is 35.5. The molecule has 0 aromatic heterocycles. The molecule has 0 heterocycles. The van der Waals surface area contributed by atoms with Crippen LogP contribution in [0.3, 0.4) is 0 Å². The van der Waals surface area contributed by atoms with Crippen molar-refractivity contribution in [3.05, 3.63) is 82.4 Å². The highest BCUT2D eigenvalue weighted by Gasteiger charge is 2.30. The Labute approximate surface area is 192 Å². The van der Waals surface area contributed by atoms with Crippen molar-refractivity contribution in [3.63, 3.8) is 0 Å². The quantitative estimate of drug-likeness (QED) is 0.361. The molecule has 0 radical (unpaired) electrons. The van der Waals surface area contributed by atoms with Crippen LogP contribution < -0.4 is 0 Å². The van der Waals surface area contributed by atoms with E-state index in [-0.39, 0.29) is 11.7 Å². The van der Waals surface area contributed by atoms with Crippen LogP contribution in [0.25, 0.3) is 22.3 Å². The molecule has 5 heteroatoms. The molecule has 0 saturated carbocycles. The summed E-state index contributed by atoms with van der Waals surface area (Å²) in [5, 5.41) is 0.661. The van der Waals surface area contributed by atoms with Crippen LogP contribution in [0.4, 0.5) is 13.2 Å². The van der Waals surface area contributed by atoms with Crippen LogP contribution in [-0.4, -0.2) is 5.78 Å². The van der Waals surface area contributed by atoms with Crippen LogP contribution in [0.2, 0.25) is 5.02 Å². The number of benzene rings is 3. The van der Waals surface area contributed by atoms with Crippen molar-refractivity contribution in [1.82, 2.24) is 0 Å². The molecular weight excluding hydrogens is 433 g/mol. The van der Waals surface area contributed by atoms with E-state index in [0.29, 0.717) is 22.9 Å². The molecule has 168 valence electrons. The maximum absolute atomic E-state index is 13.0. The van der Waals surface area contributed by atoms with E-state index in [4.69, 9.17) is 11.6 Å². The Morgan fingerprint density at radius 2 is 1.44 bits per heavy atom. The minimum Gasteiger partial charge on any atom is -0.299 e. The molecule has 0 fully saturated rings. The van der Waals surface area contributed by atoms with Crippen LogP contribution in [0.15, 0.2) is 60.7 Å². The maximum Gasteiger partial charge on any atom is 0.416 e. The lowest BCUT2D eigenvalue weighted by molar-refractivity contribution is -0.137. The number of carbonyl (C=O) groups excluding carboxylic acids is 1. The number of hydrogen-bond acceptors (Lipinski definition) is 1. The molecule has 0 amide bonds. The summed E-state index contributed by atoms with van der Waals surface area (Å²) in [7, 11) is 0. The molecule has 1 atom stereocenters. The Kier molecular flexibility index (Phi) is 7.14. The summed E-state index contributed by atoms with van der Waals surface area (Å²) in [5.41, 5.74) is 4.38. The molecule has 1 unspecified atom stereocenters. The minimum atomic E-state index is -4.39. The topological polar surface area (TPSA) is 17.1 Å². The Morgan fingerprint density at radius 1 is 0.875 bits per heavy atom. The average Bonchev–Trinajstić information content (AvgIpc) is 2.73. The normalized spacial score (nSPS) is 12.8. The number of carbonyl (C=O) groups is 1. The van der Waals surface area contributed by atoms with Crippen LogP contribution in [-0.2, 0) is 11.0 Å². The number of halogens is 4. The van der Waals surface area contributed by atoms with Crippen LogP contribution >= 0.6 is 11.6 Å². The second-order valence-corrected chi connectivity index (χ2v) is 9.08. The lowest BCUT2D eigenvalue weighted by atomic mass is 9.84. The number of ketones is 1. The van der Waals surface area contributed by atoms with Crippen molar-refractivity contribution in [2.45, 2.75) is 46.2 Å². The van der Waals surface area contributed by atoms with Gasteiger partial charge in [-0.3, -0.25) is 4.79 Å². The summed E-state index contributed by atoms with van der Waals surface area (Å²) >= 11 is 6.19. The molecule has 0 bridgehead atoms. The lowest BCUT2D eigenvalue weighted by Gasteiger charge is -2.20. The van der Waals surface area contributed by atoms with Gasteiger partial charge in [0, 0.05) is 10.9 Å². The van der Waals surface area contributed by atoms with Gasteiger partial charge in [0.15, 0.2) is 0 Å². The number of rotatable bonds is 6. The van der Waals surface area contributed by atoms with E-state index in [1.165, 1.54) is 12.1 Å². The number of hydrogen-bond donors (Lipinski definition) is 0. The van der Waals surface area contributed by atoms with Crippen molar-refractivity contribution in [2.75, 3.05) is 0 Å². The van der Waals surface area contributed by atoms with Gasteiger partial charge in [-0.2, -0.15) is 13.2 Å². The molecule has 3 rings (SSSR count). The molecule has 0 aliphatic heterocycles. The molecule has 0 saturated heterocycles. The van der Waals surface area contributed by atoms with Crippen LogP contribution in [0, 0.1) is 12.8 Å². The summed E-state index contributed by atoms with van der Waals surface area (Å²) < 4.78 is 39.0. The summed E-state index contributed by atoms with van der Waals surface area (Å²) in [5.74, 6) is 0.109. The van der Waals surface area contributed by atoms with E-state index < -0.39 is 11.7 Å². The fraction of sp³-hybridized carbons (Fsp3) is 0.296. The second-order valence-electron chi connectivity index (χ2n) is 8.68. The SMILES string of the molecule is CC(=O)C(CC(C)C)c1cc(-c2ccc(C(F)(F)F)cc2)cc(-c2ccc(Cl)c(C)c2)c1. The fourth-order valence-electron chi connectivity index (χ4n) is 3.87. The van der Waals surface area contributed by atoms with Crippen molar-refractivity contribution < 1.29 is 18.0 Å². The first-order chi connectivity index (χ1) is 15.0. The van der Waals surface area contributed by atoms with E-state index in [1.54, 1.807) is 6.92 Å². The summed E-state index contributed by atoms with van der Waals surface area (Å²) in [6, 6.07) is 16.7. The molecule has 0 aliphatic rings. The van der Waals surface area contributed by atoms with Gasteiger partial charge in [0.25, 0.3) is 0 Å². The highest BCUT2D eigenvalue weighted by molar-refractivity contribution is 6.31. The summed E-state index contributed by atoms with van der Waals surface area (Å²) in [6.45, 7) is 7.64. The number of Topliss-reactive ketones (excluding diaryl/α,β-unsaturated/α-hetero) is 1. The largest absolute Gasteiger partial charge is 0.416 e. The molecule has 1 nitrogen and oxygen atoms in total. The molecule has 3 aromatic carbocycles. The highest BCUT2D eigenvalue weighted by Crippen LogP contribution is 2.36. The molecule has 0 N–H and O–H groups in total. The zero-order valence-corrected chi connectivity index (χ0v) is 19.3. The van der Waals surface area contributed by atoms with E-state index in [0.717, 1.165) is 39.9 Å². The smallest absolute Gasteiger partial charge is 0.299 e. The van der Waals surface area contributed by atoms with Gasteiger partial charge in [0.1, 0.15) is 5.78 Å². The first kappa shape index (κ1) is 24.1. The number of aryl methyl sites for hydroxylation is 1. The van der Waals surface area contributed by atoms with Gasteiger partial charge < -0.3 is 0 Å².